The van der Waals surface area contributed by atoms with Gasteiger partial charge in [-0.2, -0.15) is 5.10 Å². The highest BCUT2D eigenvalue weighted by Crippen LogP contribution is 2.37. The highest BCUT2D eigenvalue weighted by Gasteiger charge is 2.40. The van der Waals surface area contributed by atoms with E-state index in [0.717, 1.165) is 12.8 Å². The van der Waals surface area contributed by atoms with E-state index >= 15 is 0 Å². The summed E-state index contributed by atoms with van der Waals surface area (Å²) >= 11 is 0. The molecule has 0 aromatic carbocycles. The van der Waals surface area contributed by atoms with Gasteiger partial charge in [0.05, 0.1) is 18.4 Å². The Hall–Kier alpha value is -2.05. The van der Waals surface area contributed by atoms with Crippen LogP contribution in [0.4, 0.5) is 0 Å². The Morgan fingerprint density at radius 1 is 1.63 bits per heavy atom. The Labute approximate surface area is 110 Å². The van der Waals surface area contributed by atoms with Gasteiger partial charge in [-0.25, -0.2) is 9.48 Å². The Kier molecular flexibility index (Phi) is 3.46. The molecule has 19 heavy (non-hydrogen) atoms. The third-order valence-corrected chi connectivity index (χ3v) is 3.30. The maximum absolute atomic E-state index is 11.6. The van der Waals surface area contributed by atoms with Crippen molar-refractivity contribution in [3.8, 4) is 5.88 Å². The molecule has 7 heteroatoms. The van der Waals surface area contributed by atoms with Gasteiger partial charge in [-0.1, -0.05) is 0 Å². The van der Waals surface area contributed by atoms with Crippen LogP contribution in [0, 0.1) is 6.92 Å². The molecule has 2 rings (SSSR count). The number of hydrogen-bond acceptors (Lipinski definition) is 4. The van der Waals surface area contributed by atoms with Gasteiger partial charge >= 0.3 is 5.97 Å². The van der Waals surface area contributed by atoms with E-state index in [2.05, 4.69) is 5.10 Å². The van der Waals surface area contributed by atoms with Crippen LogP contribution in [-0.2, 0) is 16.6 Å². The van der Waals surface area contributed by atoms with Crippen LogP contribution in [0.15, 0.2) is 0 Å². The summed E-state index contributed by atoms with van der Waals surface area (Å²) in [5, 5.41) is 13.6. The average Bonchev–Trinajstić information content (AvgIpc) is 3.12. The lowest BCUT2D eigenvalue weighted by molar-refractivity contribution is -0.147. The standard InChI is InChI=1S/C12H17N3O4/c1-7-9(11(19-3)14(2)13-7)10(12(17)18)15(6-16)8-4-5-8/h6,8,10H,4-5H2,1-3H3,(H,17,18). The number of carbonyl (C=O) groups is 2. The van der Waals surface area contributed by atoms with Crippen LogP contribution in [0.1, 0.15) is 30.1 Å². The molecule has 1 aromatic heterocycles. The number of aromatic nitrogens is 2. The lowest BCUT2D eigenvalue weighted by atomic mass is 10.1. The summed E-state index contributed by atoms with van der Waals surface area (Å²) < 4.78 is 6.70. The van der Waals surface area contributed by atoms with Gasteiger partial charge in [0.1, 0.15) is 0 Å². The number of methoxy groups -OCH3 is 1. The second kappa shape index (κ2) is 4.91. The van der Waals surface area contributed by atoms with E-state index < -0.39 is 12.0 Å². The molecule has 0 radical (unpaired) electrons. The smallest absolute Gasteiger partial charge is 0.331 e. The molecule has 1 atom stereocenters. The highest BCUT2D eigenvalue weighted by atomic mass is 16.5. The lowest BCUT2D eigenvalue weighted by Crippen LogP contribution is -2.35. The summed E-state index contributed by atoms with van der Waals surface area (Å²) in [4.78, 5) is 24.1. The molecular weight excluding hydrogens is 250 g/mol. The Morgan fingerprint density at radius 3 is 2.68 bits per heavy atom. The van der Waals surface area contributed by atoms with E-state index in [-0.39, 0.29) is 6.04 Å². The second-order valence-corrected chi connectivity index (χ2v) is 4.66. The molecule has 0 spiro atoms. The summed E-state index contributed by atoms with van der Waals surface area (Å²) in [6, 6.07) is -1.04. The van der Waals surface area contributed by atoms with Gasteiger partial charge in [0, 0.05) is 13.1 Å². The number of hydrogen-bond donors (Lipinski definition) is 1. The summed E-state index contributed by atoms with van der Waals surface area (Å²) in [6.07, 6.45) is 2.27. The predicted octanol–water partition coefficient (Wildman–Crippen LogP) is 0.484. The molecule has 0 bridgehead atoms. The van der Waals surface area contributed by atoms with Gasteiger partial charge in [0.25, 0.3) is 0 Å². The van der Waals surface area contributed by atoms with Crippen molar-refractivity contribution in [2.75, 3.05) is 7.11 Å². The number of carboxylic acids is 1. The largest absolute Gasteiger partial charge is 0.481 e. The van der Waals surface area contributed by atoms with Crippen LogP contribution in [0.3, 0.4) is 0 Å². The zero-order valence-electron chi connectivity index (χ0n) is 11.2. The van der Waals surface area contributed by atoms with Gasteiger partial charge in [-0.3, -0.25) is 4.79 Å². The third-order valence-electron chi connectivity index (χ3n) is 3.30. The molecular formula is C12H17N3O4. The second-order valence-electron chi connectivity index (χ2n) is 4.66. The fourth-order valence-electron chi connectivity index (χ4n) is 2.34. The monoisotopic (exact) mass is 267 g/mol. The van der Waals surface area contributed by atoms with E-state index in [4.69, 9.17) is 4.74 Å². The van der Waals surface area contributed by atoms with E-state index in [0.29, 0.717) is 23.5 Å². The number of rotatable bonds is 6. The Balaban J connectivity index is 2.49. The van der Waals surface area contributed by atoms with Crippen molar-refractivity contribution in [2.24, 2.45) is 7.05 Å². The number of aliphatic carboxylic acids is 1. The summed E-state index contributed by atoms with van der Waals surface area (Å²) in [5.41, 5.74) is 0.996. The molecule has 7 nitrogen and oxygen atoms in total. The lowest BCUT2D eigenvalue weighted by Gasteiger charge is -2.25. The van der Waals surface area contributed by atoms with Gasteiger partial charge in [-0.05, 0) is 19.8 Å². The molecule has 0 saturated heterocycles. The fourth-order valence-corrected chi connectivity index (χ4v) is 2.34. The topological polar surface area (TPSA) is 84.7 Å². The van der Waals surface area contributed by atoms with Gasteiger partial charge < -0.3 is 14.7 Å². The minimum atomic E-state index is -1.08. The van der Waals surface area contributed by atoms with E-state index in [1.165, 1.54) is 16.7 Å². The minimum Gasteiger partial charge on any atom is -0.481 e. The van der Waals surface area contributed by atoms with E-state index in [1.54, 1.807) is 14.0 Å². The number of ether oxygens (including phenoxy) is 1. The number of nitrogens with zero attached hydrogens (tertiary/aromatic N) is 3. The van der Waals surface area contributed by atoms with Crippen LogP contribution in [0.5, 0.6) is 5.88 Å². The first-order chi connectivity index (χ1) is 9.01. The van der Waals surface area contributed by atoms with Gasteiger partial charge in [0.2, 0.25) is 12.3 Å². The van der Waals surface area contributed by atoms with Crippen LogP contribution < -0.4 is 4.74 Å². The molecule has 1 unspecified atom stereocenters. The number of carboxylic acid groups (broad SMARTS) is 1. The van der Waals surface area contributed by atoms with Gasteiger partial charge in [0.15, 0.2) is 6.04 Å². The molecule has 1 fully saturated rings. The van der Waals surface area contributed by atoms with Gasteiger partial charge in [-0.15, -0.1) is 0 Å². The molecule has 1 heterocycles. The SMILES string of the molecule is COc1c(C(C(=O)O)N(C=O)C2CC2)c(C)nn1C. The van der Waals surface area contributed by atoms with Crippen LogP contribution in [-0.4, -0.2) is 45.3 Å². The summed E-state index contributed by atoms with van der Waals surface area (Å²) in [5.74, 6) is -0.703. The molecule has 1 N–H and O–H groups in total. The first-order valence-electron chi connectivity index (χ1n) is 6.04. The summed E-state index contributed by atoms with van der Waals surface area (Å²) in [6.45, 7) is 1.71. The molecule has 1 aliphatic rings. The highest BCUT2D eigenvalue weighted by molar-refractivity contribution is 5.79. The zero-order valence-corrected chi connectivity index (χ0v) is 11.2. The number of carbonyl (C=O) groups excluding carboxylic acids is 1. The van der Waals surface area contributed by atoms with Crippen molar-refractivity contribution >= 4 is 12.4 Å². The van der Waals surface area contributed by atoms with Crippen molar-refractivity contribution in [2.45, 2.75) is 31.8 Å². The maximum atomic E-state index is 11.6. The first kappa shape index (κ1) is 13.4. The van der Waals surface area contributed by atoms with Crippen molar-refractivity contribution in [3.05, 3.63) is 11.3 Å². The Morgan fingerprint density at radius 2 is 2.26 bits per heavy atom. The molecule has 1 saturated carbocycles. The first-order valence-corrected chi connectivity index (χ1v) is 6.04. The van der Waals surface area contributed by atoms with E-state index in [9.17, 15) is 14.7 Å². The molecule has 0 aliphatic heterocycles. The normalized spacial score (nSPS) is 15.9. The maximum Gasteiger partial charge on any atom is 0.331 e. The molecule has 1 amide bonds. The van der Waals surface area contributed by atoms with Crippen molar-refractivity contribution in [1.29, 1.82) is 0 Å². The van der Waals surface area contributed by atoms with E-state index in [1.807, 2.05) is 0 Å². The quantitative estimate of drug-likeness (QED) is 0.758. The number of aryl methyl sites for hydroxylation is 2. The fraction of sp³-hybridized carbons (Fsp3) is 0.583. The number of amides is 1. The summed E-state index contributed by atoms with van der Waals surface area (Å²) in [7, 11) is 3.14. The molecule has 104 valence electrons. The van der Waals surface area contributed by atoms with Crippen LogP contribution >= 0.6 is 0 Å². The minimum absolute atomic E-state index is 0.00270. The zero-order chi connectivity index (χ0) is 14.2. The van der Waals surface area contributed by atoms with Crippen molar-refractivity contribution in [1.82, 2.24) is 14.7 Å². The van der Waals surface area contributed by atoms with Crippen LogP contribution in [0.25, 0.3) is 0 Å². The predicted molar refractivity (Wildman–Crippen MR) is 65.8 cm³/mol. The average molecular weight is 267 g/mol. The molecule has 1 aromatic rings. The third kappa shape index (κ3) is 2.27. The molecule has 1 aliphatic carbocycles. The van der Waals surface area contributed by atoms with Crippen molar-refractivity contribution < 1.29 is 19.4 Å². The Bertz CT molecular complexity index is 507. The van der Waals surface area contributed by atoms with Crippen LogP contribution in [0.2, 0.25) is 0 Å². The van der Waals surface area contributed by atoms with Crippen molar-refractivity contribution in [3.63, 3.8) is 0 Å².